The number of likely N-dealkylation sites (N-methyl/N-ethyl adjacent to an activating group) is 1. The quantitative estimate of drug-likeness (QED) is 0.742. The van der Waals surface area contributed by atoms with Crippen molar-refractivity contribution in [3.05, 3.63) is 0 Å². The first-order chi connectivity index (χ1) is 7.24. The third kappa shape index (κ3) is 3.91. The molecule has 0 aliphatic carbocycles. The van der Waals surface area contributed by atoms with E-state index in [4.69, 9.17) is 0 Å². The molecule has 4 nitrogen and oxygen atoms in total. The lowest BCUT2D eigenvalue weighted by atomic mass is 10.4. The molecular formula is C8H15F3N2O2S. The van der Waals surface area contributed by atoms with E-state index in [0.29, 0.717) is 13.1 Å². The molecule has 0 aromatic heterocycles. The van der Waals surface area contributed by atoms with Crippen molar-refractivity contribution >= 4 is 10.0 Å². The minimum Gasteiger partial charge on any atom is -0.301 e. The minimum atomic E-state index is -4.67. The number of hydrogen-bond donors (Lipinski definition) is 0. The number of hydrogen-bond acceptors (Lipinski definition) is 3. The number of nitrogens with zero attached hydrogens (tertiary/aromatic N) is 2. The summed E-state index contributed by atoms with van der Waals surface area (Å²) >= 11 is 0. The van der Waals surface area contributed by atoms with Crippen molar-refractivity contribution in [3.8, 4) is 0 Å². The van der Waals surface area contributed by atoms with Gasteiger partial charge in [0, 0.05) is 26.2 Å². The second kappa shape index (κ2) is 4.89. The fourth-order valence-electron chi connectivity index (χ4n) is 1.62. The molecule has 0 saturated carbocycles. The summed E-state index contributed by atoms with van der Waals surface area (Å²) in [5.74, 6) is -1.76. The molecule has 0 aromatic carbocycles. The summed E-state index contributed by atoms with van der Waals surface area (Å²) in [6.07, 6.45) is -4.67. The minimum absolute atomic E-state index is 0.145. The molecule has 0 amide bonds. The number of rotatable bonds is 3. The first-order valence-electron chi connectivity index (χ1n) is 5.01. The van der Waals surface area contributed by atoms with E-state index in [-0.39, 0.29) is 13.1 Å². The lowest BCUT2D eigenvalue weighted by molar-refractivity contribution is -0.107. The molecule has 0 atom stereocenters. The summed E-state index contributed by atoms with van der Waals surface area (Å²) in [5.41, 5.74) is 0. The maximum absolute atomic E-state index is 12.0. The summed E-state index contributed by atoms with van der Waals surface area (Å²) < 4.78 is 59.8. The Kier molecular flexibility index (Phi) is 4.19. The maximum atomic E-state index is 12.0. The van der Waals surface area contributed by atoms with Crippen molar-refractivity contribution in [3.63, 3.8) is 0 Å². The Morgan fingerprint density at radius 1 is 1.12 bits per heavy atom. The van der Waals surface area contributed by atoms with Crippen LogP contribution in [0, 0.1) is 0 Å². The molecule has 0 bridgehead atoms. The average molecular weight is 260 g/mol. The van der Waals surface area contributed by atoms with Crippen LogP contribution in [0.2, 0.25) is 0 Å². The summed E-state index contributed by atoms with van der Waals surface area (Å²) in [5, 5.41) is 0. The van der Waals surface area contributed by atoms with E-state index >= 15 is 0 Å². The van der Waals surface area contributed by atoms with Gasteiger partial charge in [-0.2, -0.15) is 17.5 Å². The molecule has 0 radical (unpaired) electrons. The normalized spacial score (nSPS) is 21.2. The number of alkyl halides is 3. The largest absolute Gasteiger partial charge is 0.404 e. The highest BCUT2D eigenvalue weighted by Crippen LogP contribution is 2.20. The van der Waals surface area contributed by atoms with Crippen molar-refractivity contribution in [2.24, 2.45) is 0 Å². The molecule has 1 fully saturated rings. The van der Waals surface area contributed by atoms with Crippen LogP contribution in [0.5, 0.6) is 0 Å². The molecule has 96 valence electrons. The molecule has 8 heteroatoms. The third-order valence-electron chi connectivity index (χ3n) is 2.52. The fourth-order valence-corrected chi connectivity index (χ4v) is 2.94. The predicted molar refractivity (Wildman–Crippen MR) is 53.5 cm³/mol. The number of piperazine rings is 1. The van der Waals surface area contributed by atoms with Gasteiger partial charge in [-0.15, -0.1) is 0 Å². The molecule has 16 heavy (non-hydrogen) atoms. The van der Waals surface area contributed by atoms with E-state index in [1.54, 1.807) is 0 Å². The van der Waals surface area contributed by atoms with Gasteiger partial charge in [0.25, 0.3) is 0 Å². The van der Waals surface area contributed by atoms with Crippen molar-refractivity contribution in [2.45, 2.75) is 13.1 Å². The van der Waals surface area contributed by atoms with E-state index in [1.807, 2.05) is 11.8 Å². The summed E-state index contributed by atoms with van der Waals surface area (Å²) in [7, 11) is -4.19. The van der Waals surface area contributed by atoms with E-state index in [0.717, 1.165) is 10.8 Å². The number of sulfonamides is 1. The standard InChI is InChI=1S/C8H15F3N2O2S/c1-2-12-3-5-13(6-4-12)16(14,15)7-8(9,10)11/h2-7H2,1H3. The van der Waals surface area contributed by atoms with Crippen LogP contribution in [-0.2, 0) is 10.0 Å². The van der Waals surface area contributed by atoms with Crippen molar-refractivity contribution in [2.75, 3.05) is 38.5 Å². The van der Waals surface area contributed by atoms with Gasteiger partial charge in [-0.1, -0.05) is 6.92 Å². The van der Waals surface area contributed by atoms with Gasteiger partial charge in [-0.25, -0.2) is 8.42 Å². The first kappa shape index (κ1) is 13.7. The zero-order valence-corrected chi connectivity index (χ0v) is 9.81. The highest BCUT2D eigenvalue weighted by Gasteiger charge is 2.39. The van der Waals surface area contributed by atoms with Gasteiger partial charge in [-0.05, 0) is 6.54 Å². The maximum Gasteiger partial charge on any atom is 0.404 e. The molecular weight excluding hydrogens is 245 g/mol. The molecule has 1 heterocycles. The van der Waals surface area contributed by atoms with Gasteiger partial charge in [0.15, 0.2) is 5.75 Å². The Labute approximate surface area is 93.1 Å². The molecule has 1 aliphatic heterocycles. The van der Waals surface area contributed by atoms with Gasteiger partial charge < -0.3 is 4.90 Å². The van der Waals surface area contributed by atoms with Crippen molar-refractivity contribution < 1.29 is 21.6 Å². The SMILES string of the molecule is CCN1CCN(S(=O)(=O)CC(F)(F)F)CC1. The van der Waals surface area contributed by atoms with Gasteiger partial charge >= 0.3 is 6.18 Å². The van der Waals surface area contributed by atoms with Crippen LogP contribution < -0.4 is 0 Å². The van der Waals surface area contributed by atoms with Gasteiger partial charge in [0.05, 0.1) is 0 Å². The number of halogens is 3. The van der Waals surface area contributed by atoms with Crippen LogP contribution >= 0.6 is 0 Å². The Bertz CT molecular complexity index is 321. The highest BCUT2D eigenvalue weighted by atomic mass is 32.2. The zero-order chi connectivity index (χ0) is 12.4. The second-order valence-corrected chi connectivity index (χ2v) is 5.67. The first-order valence-corrected chi connectivity index (χ1v) is 6.62. The van der Waals surface area contributed by atoms with E-state index in [1.165, 1.54) is 0 Å². The van der Waals surface area contributed by atoms with Crippen LogP contribution in [0.15, 0.2) is 0 Å². The van der Waals surface area contributed by atoms with Gasteiger partial charge in [0.1, 0.15) is 0 Å². The lowest BCUT2D eigenvalue weighted by Gasteiger charge is -2.33. The Balaban J connectivity index is 2.59. The van der Waals surface area contributed by atoms with E-state index in [2.05, 4.69) is 0 Å². The van der Waals surface area contributed by atoms with Gasteiger partial charge in [0.2, 0.25) is 10.0 Å². The topological polar surface area (TPSA) is 40.6 Å². The van der Waals surface area contributed by atoms with Crippen molar-refractivity contribution in [1.29, 1.82) is 0 Å². The van der Waals surface area contributed by atoms with Crippen LogP contribution in [0.25, 0.3) is 0 Å². The fraction of sp³-hybridized carbons (Fsp3) is 1.00. The van der Waals surface area contributed by atoms with Crippen molar-refractivity contribution in [1.82, 2.24) is 9.21 Å². The highest BCUT2D eigenvalue weighted by molar-refractivity contribution is 7.89. The Hall–Kier alpha value is -0.340. The molecule has 1 rings (SSSR count). The molecule has 1 saturated heterocycles. The molecule has 1 aliphatic rings. The molecule has 0 aromatic rings. The molecule has 0 N–H and O–H groups in total. The Morgan fingerprint density at radius 3 is 2.00 bits per heavy atom. The van der Waals surface area contributed by atoms with E-state index in [9.17, 15) is 21.6 Å². The second-order valence-electron chi connectivity index (χ2n) is 3.70. The monoisotopic (exact) mass is 260 g/mol. The van der Waals surface area contributed by atoms with Gasteiger partial charge in [-0.3, -0.25) is 0 Å². The smallest absolute Gasteiger partial charge is 0.301 e. The Morgan fingerprint density at radius 2 is 1.62 bits per heavy atom. The molecule has 0 unspecified atom stereocenters. The van der Waals surface area contributed by atoms with Crippen LogP contribution in [-0.4, -0.2) is 62.3 Å². The summed E-state index contributed by atoms with van der Waals surface area (Å²) in [6, 6.07) is 0. The molecule has 0 spiro atoms. The predicted octanol–water partition coefficient (Wildman–Crippen LogP) is 0.516. The van der Waals surface area contributed by atoms with Crippen LogP contribution in [0.1, 0.15) is 6.92 Å². The average Bonchev–Trinajstić information content (AvgIpc) is 2.14. The van der Waals surface area contributed by atoms with Crippen LogP contribution in [0.4, 0.5) is 13.2 Å². The van der Waals surface area contributed by atoms with Crippen LogP contribution in [0.3, 0.4) is 0 Å². The zero-order valence-electron chi connectivity index (χ0n) is 9.00. The van der Waals surface area contributed by atoms with E-state index < -0.39 is 22.0 Å². The summed E-state index contributed by atoms with van der Waals surface area (Å²) in [6.45, 7) is 3.99. The lowest BCUT2D eigenvalue weighted by Crippen LogP contribution is -2.50. The third-order valence-corrected chi connectivity index (χ3v) is 4.36. The summed E-state index contributed by atoms with van der Waals surface area (Å²) in [4.78, 5) is 2.00.